The molecule has 2 aromatic carbocycles. The summed E-state index contributed by atoms with van der Waals surface area (Å²) in [5, 5.41) is 0. The normalized spacial score (nSPS) is 17.3. The molecule has 0 spiro atoms. The van der Waals surface area contributed by atoms with Crippen molar-refractivity contribution in [3.05, 3.63) is 99.0 Å². The van der Waals surface area contributed by atoms with E-state index in [1.54, 1.807) is 32.8 Å². The summed E-state index contributed by atoms with van der Waals surface area (Å²) in [5.41, 5.74) is 6.09. The van der Waals surface area contributed by atoms with Gasteiger partial charge in [-0.1, -0.05) is 0 Å². The summed E-state index contributed by atoms with van der Waals surface area (Å²) >= 11 is 0. The molecule has 0 aliphatic carbocycles. The molecule has 10 heteroatoms. The first-order chi connectivity index (χ1) is 21.0. The molecule has 10 nitrogen and oxygen atoms in total. The molecule has 3 aromatic heterocycles. The number of hydrogen-bond donors (Lipinski definition) is 1. The number of fused-ring (bicyclic) bond motifs is 4. The fourth-order valence-electron chi connectivity index (χ4n) is 6.64. The van der Waals surface area contributed by atoms with Crippen molar-refractivity contribution < 1.29 is 19.0 Å². The smallest absolute Gasteiger partial charge is 0.274 e. The van der Waals surface area contributed by atoms with Gasteiger partial charge in [-0.05, 0) is 84.8 Å². The van der Waals surface area contributed by atoms with Crippen molar-refractivity contribution in [3.8, 4) is 11.5 Å². The van der Waals surface area contributed by atoms with E-state index in [2.05, 4.69) is 15.0 Å². The van der Waals surface area contributed by atoms with Crippen LogP contribution < -0.4 is 15.0 Å². The van der Waals surface area contributed by atoms with Gasteiger partial charge in [-0.15, -0.1) is 0 Å². The van der Waals surface area contributed by atoms with Crippen LogP contribution in [0.4, 0.5) is 0 Å². The van der Waals surface area contributed by atoms with Crippen LogP contribution in [-0.2, 0) is 11.2 Å². The molecule has 43 heavy (non-hydrogen) atoms. The molecule has 2 aliphatic heterocycles. The van der Waals surface area contributed by atoms with Crippen LogP contribution in [0, 0.1) is 6.92 Å². The minimum Gasteiger partial charge on any atom is -0.493 e. The van der Waals surface area contributed by atoms with Gasteiger partial charge in [0.25, 0.3) is 11.5 Å². The highest BCUT2D eigenvalue weighted by Gasteiger charge is 2.35. The first-order valence-corrected chi connectivity index (χ1v) is 14.6. The molecule has 220 valence electrons. The second-order valence-corrected chi connectivity index (χ2v) is 11.2. The minimum atomic E-state index is -0.357. The Balaban J connectivity index is 1.35. The summed E-state index contributed by atoms with van der Waals surface area (Å²) in [6.07, 6.45) is 7.50. The number of aromatic amines is 1. The molecule has 1 atom stereocenters. The first-order valence-electron chi connectivity index (χ1n) is 14.6. The van der Waals surface area contributed by atoms with Gasteiger partial charge in [-0.25, -0.2) is 4.98 Å². The molecular weight excluding hydrogens is 546 g/mol. The number of imidazole rings is 1. The van der Waals surface area contributed by atoms with Gasteiger partial charge >= 0.3 is 0 Å². The second-order valence-electron chi connectivity index (χ2n) is 11.2. The van der Waals surface area contributed by atoms with Gasteiger partial charge in [-0.2, -0.15) is 0 Å². The van der Waals surface area contributed by atoms with Crippen LogP contribution in [0.5, 0.6) is 11.5 Å². The standard InChI is InChI=1S/C33H33N5O5/c1-19-14-26-25(36-32(39)27-18-35-31(38(26)27)21-7-12-43-13-8-21)16-23(19)33(40)37-11-6-22-15-28(41-2)29(42-3)17-24(22)30(37)20-4-9-34-10-5-20/h4-5,9-10,14-18,21,30H,6-8,11-13H2,1-3H3,(H,36,39). The molecule has 7 rings (SSSR count). The van der Waals surface area contributed by atoms with E-state index in [1.165, 1.54) is 0 Å². The largest absolute Gasteiger partial charge is 0.493 e. The summed E-state index contributed by atoms with van der Waals surface area (Å²) in [6.45, 7) is 3.81. The Labute approximate surface area is 248 Å². The van der Waals surface area contributed by atoms with Gasteiger partial charge in [0.2, 0.25) is 0 Å². The van der Waals surface area contributed by atoms with Gasteiger partial charge in [0, 0.05) is 43.6 Å². The Hall–Kier alpha value is -4.70. The molecule has 0 radical (unpaired) electrons. The number of hydrogen-bond acceptors (Lipinski definition) is 7. The third-order valence-electron chi connectivity index (χ3n) is 8.83. The first kappa shape index (κ1) is 27.2. The maximum Gasteiger partial charge on any atom is 0.274 e. The molecule has 1 unspecified atom stereocenters. The summed E-state index contributed by atoms with van der Waals surface area (Å²) in [7, 11) is 3.24. The lowest BCUT2D eigenvalue weighted by atomic mass is 9.87. The number of aryl methyl sites for hydroxylation is 1. The van der Waals surface area contributed by atoms with E-state index >= 15 is 0 Å². The molecule has 5 aromatic rings. The second kappa shape index (κ2) is 10.9. The average molecular weight is 580 g/mol. The van der Waals surface area contributed by atoms with Crippen LogP contribution in [0.3, 0.4) is 0 Å². The number of benzene rings is 2. The third kappa shape index (κ3) is 4.53. The van der Waals surface area contributed by atoms with E-state index in [0.717, 1.165) is 46.4 Å². The van der Waals surface area contributed by atoms with Crippen LogP contribution in [0.2, 0.25) is 0 Å². The Morgan fingerprint density at radius 3 is 2.51 bits per heavy atom. The van der Waals surface area contributed by atoms with Crippen molar-refractivity contribution in [1.82, 2.24) is 24.3 Å². The number of rotatable bonds is 5. The van der Waals surface area contributed by atoms with Crippen molar-refractivity contribution in [3.63, 3.8) is 0 Å². The number of methoxy groups -OCH3 is 2. The molecule has 0 bridgehead atoms. The number of aromatic nitrogens is 4. The van der Waals surface area contributed by atoms with Crippen molar-refractivity contribution in [2.45, 2.75) is 38.1 Å². The predicted molar refractivity (Wildman–Crippen MR) is 161 cm³/mol. The van der Waals surface area contributed by atoms with Crippen molar-refractivity contribution in [1.29, 1.82) is 0 Å². The summed E-state index contributed by atoms with van der Waals surface area (Å²) in [4.78, 5) is 41.4. The van der Waals surface area contributed by atoms with Crippen molar-refractivity contribution in [2.75, 3.05) is 34.0 Å². The lowest BCUT2D eigenvalue weighted by Crippen LogP contribution is -2.41. The van der Waals surface area contributed by atoms with Gasteiger partial charge in [0.15, 0.2) is 11.5 Å². The van der Waals surface area contributed by atoms with E-state index in [9.17, 15) is 9.59 Å². The summed E-state index contributed by atoms with van der Waals surface area (Å²) < 4.78 is 18.7. The van der Waals surface area contributed by atoms with Gasteiger partial charge in [0.1, 0.15) is 11.3 Å². The van der Waals surface area contributed by atoms with Gasteiger partial charge < -0.3 is 24.1 Å². The maximum atomic E-state index is 14.5. The van der Waals surface area contributed by atoms with Crippen LogP contribution in [0.15, 0.2) is 59.8 Å². The monoisotopic (exact) mass is 579 g/mol. The zero-order chi connectivity index (χ0) is 29.7. The number of H-pyrrole nitrogens is 1. The lowest BCUT2D eigenvalue weighted by molar-refractivity contribution is 0.0693. The van der Waals surface area contributed by atoms with Crippen LogP contribution in [-0.4, -0.2) is 64.1 Å². The highest BCUT2D eigenvalue weighted by molar-refractivity contribution is 6.00. The summed E-state index contributed by atoms with van der Waals surface area (Å²) in [5.74, 6) is 2.22. The van der Waals surface area contributed by atoms with Crippen LogP contribution >= 0.6 is 0 Å². The summed E-state index contributed by atoms with van der Waals surface area (Å²) in [6, 6.07) is 11.3. The molecule has 2 aliphatic rings. The highest BCUT2D eigenvalue weighted by atomic mass is 16.5. The third-order valence-corrected chi connectivity index (χ3v) is 8.83. The predicted octanol–water partition coefficient (Wildman–Crippen LogP) is 4.58. The number of carbonyl (C=O) groups excluding carboxylic acids is 1. The lowest BCUT2D eigenvalue weighted by Gasteiger charge is -2.38. The van der Waals surface area contributed by atoms with E-state index in [4.69, 9.17) is 14.2 Å². The van der Waals surface area contributed by atoms with Gasteiger partial charge in [0.05, 0.1) is 37.5 Å². The number of amides is 1. The van der Waals surface area contributed by atoms with E-state index in [1.807, 2.05) is 52.6 Å². The Kier molecular flexibility index (Phi) is 6.85. The van der Waals surface area contributed by atoms with Crippen molar-refractivity contribution in [2.24, 2.45) is 0 Å². The van der Waals surface area contributed by atoms with E-state index < -0.39 is 0 Å². The zero-order valence-electron chi connectivity index (χ0n) is 24.4. The molecular formula is C33H33N5O5. The quantitative estimate of drug-likeness (QED) is 0.325. The molecule has 1 amide bonds. The number of pyridine rings is 1. The molecule has 0 saturated carbocycles. The maximum absolute atomic E-state index is 14.5. The molecule has 1 N–H and O–H groups in total. The molecule has 5 heterocycles. The topological polar surface area (TPSA) is 111 Å². The Morgan fingerprint density at radius 2 is 1.77 bits per heavy atom. The highest BCUT2D eigenvalue weighted by Crippen LogP contribution is 2.42. The van der Waals surface area contributed by atoms with Crippen molar-refractivity contribution >= 4 is 22.5 Å². The Morgan fingerprint density at radius 1 is 1.02 bits per heavy atom. The van der Waals surface area contributed by atoms with E-state index in [-0.39, 0.29) is 23.4 Å². The van der Waals surface area contributed by atoms with Gasteiger partial charge in [-0.3, -0.25) is 19.0 Å². The molecule has 1 fully saturated rings. The molecule has 1 saturated heterocycles. The number of nitrogens with one attached hydrogen (secondary N) is 1. The zero-order valence-corrected chi connectivity index (χ0v) is 24.4. The SMILES string of the molecule is COc1cc2c(cc1OC)C(c1ccncc1)N(C(=O)c1cc3[nH]c(=O)c4cnc(C5CCOCC5)n4c3cc1C)CC2. The number of nitrogens with zero attached hydrogens (tertiary/aromatic N) is 4. The van der Waals surface area contributed by atoms with Crippen LogP contribution in [0.1, 0.15) is 63.2 Å². The minimum absolute atomic E-state index is 0.113. The Bertz CT molecular complexity index is 1910. The number of carbonyl (C=O) groups is 1. The fraction of sp³-hybridized carbons (Fsp3) is 0.333. The van der Waals surface area contributed by atoms with Crippen LogP contribution in [0.25, 0.3) is 16.6 Å². The number of ether oxygens (including phenoxy) is 3. The fourth-order valence-corrected chi connectivity index (χ4v) is 6.64. The van der Waals surface area contributed by atoms with E-state index in [0.29, 0.717) is 54.3 Å². The average Bonchev–Trinajstić information content (AvgIpc) is 3.50.